The van der Waals surface area contributed by atoms with Crippen LogP contribution in [0.4, 0.5) is 0 Å². The van der Waals surface area contributed by atoms with Crippen molar-refractivity contribution in [2.24, 2.45) is 5.50 Å². The lowest BCUT2D eigenvalue weighted by atomic mass is 10.4. The van der Waals surface area contributed by atoms with E-state index in [0.29, 0.717) is 0 Å². The monoisotopic (exact) mass is 124 g/mol. The molecular weight excluding hydrogens is 117 g/mol. The van der Waals surface area contributed by atoms with Crippen LogP contribution in [0.15, 0.2) is 30.3 Å². The van der Waals surface area contributed by atoms with Crippen LogP contribution in [0.2, 0.25) is 0 Å². The molecule has 0 atom stereocenters. The first-order valence-electron chi connectivity index (χ1n) is 2.39. The number of hydrogen-bond donors (Lipinski definition) is 1. The van der Waals surface area contributed by atoms with Gasteiger partial charge in [-0.15, -0.1) is 0 Å². The van der Waals surface area contributed by atoms with E-state index in [9.17, 15) is 0 Å². The summed E-state index contributed by atoms with van der Waals surface area (Å²) in [7, 11) is 0.849. The zero-order valence-corrected chi connectivity index (χ0v) is 5.31. The van der Waals surface area contributed by atoms with Crippen molar-refractivity contribution in [3.8, 4) is 0 Å². The molecule has 2 N–H and O–H groups in total. The summed E-state index contributed by atoms with van der Waals surface area (Å²) in [6.07, 6.45) is 0. The second-order valence-corrected chi connectivity index (χ2v) is 2.24. The molecule has 0 heterocycles. The van der Waals surface area contributed by atoms with Gasteiger partial charge in [0.25, 0.3) is 0 Å². The fraction of sp³-hybridized carbons (Fsp3) is 0. The number of rotatable bonds is 1. The molecular formula is C6H7NP. The summed E-state index contributed by atoms with van der Waals surface area (Å²) in [5, 5.41) is 1.16. The average Bonchev–Trinajstić information content (AvgIpc) is 1.90. The molecule has 41 valence electrons. The summed E-state index contributed by atoms with van der Waals surface area (Å²) in [6, 6.07) is 9.95. The molecule has 0 aliphatic carbocycles. The molecule has 8 heavy (non-hydrogen) atoms. The lowest BCUT2D eigenvalue weighted by molar-refractivity contribution is 1.77. The van der Waals surface area contributed by atoms with Crippen LogP contribution in [0, 0.1) is 0 Å². The van der Waals surface area contributed by atoms with Crippen molar-refractivity contribution in [2.45, 2.75) is 0 Å². The van der Waals surface area contributed by atoms with Crippen molar-refractivity contribution in [1.29, 1.82) is 0 Å². The molecule has 0 unspecified atom stereocenters. The molecule has 1 aromatic rings. The average molecular weight is 124 g/mol. The van der Waals surface area contributed by atoms with Gasteiger partial charge < -0.3 is 5.50 Å². The van der Waals surface area contributed by atoms with Gasteiger partial charge in [0.2, 0.25) is 0 Å². The third-order valence-electron chi connectivity index (χ3n) is 0.905. The maximum Gasteiger partial charge on any atom is 0.0360 e. The molecule has 1 radical (unpaired) electrons. The topological polar surface area (TPSA) is 26.0 Å². The Labute approximate surface area is 50.7 Å². The van der Waals surface area contributed by atoms with Crippen LogP contribution in [0.5, 0.6) is 0 Å². The number of hydrogen-bond acceptors (Lipinski definition) is 1. The van der Waals surface area contributed by atoms with E-state index in [1.165, 1.54) is 0 Å². The SMILES string of the molecule is N[P]c1ccccc1. The summed E-state index contributed by atoms with van der Waals surface area (Å²) in [4.78, 5) is 0. The van der Waals surface area contributed by atoms with Gasteiger partial charge in [0, 0.05) is 8.73 Å². The van der Waals surface area contributed by atoms with Gasteiger partial charge in [-0.1, -0.05) is 30.3 Å². The molecule has 0 aromatic heterocycles. The standard InChI is InChI=1S/C6H7NP/c7-8-6-4-2-1-3-5-6/h1-5H,7H2. The Kier molecular flexibility index (Phi) is 2.01. The summed E-state index contributed by atoms with van der Waals surface area (Å²) >= 11 is 0. The molecule has 0 aliphatic heterocycles. The van der Waals surface area contributed by atoms with E-state index in [2.05, 4.69) is 0 Å². The minimum Gasteiger partial charge on any atom is -0.301 e. The zero-order valence-electron chi connectivity index (χ0n) is 4.41. The maximum atomic E-state index is 5.32. The predicted molar refractivity (Wildman–Crippen MR) is 37.2 cm³/mol. The largest absolute Gasteiger partial charge is 0.301 e. The Bertz CT molecular complexity index is 150. The minimum absolute atomic E-state index is 0.849. The Balaban J connectivity index is 2.83. The van der Waals surface area contributed by atoms with Gasteiger partial charge in [-0.25, -0.2) is 0 Å². The van der Waals surface area contributed by atoms with Gasteiger partial charge in [0.1, 0.15) is 0 Å². The molecule has 1 rings (SSSR count). The molecule has 0 amide bonds. The second kappa shape index (κ2) is 2.81. The third kappa shape index (κ3) is 1.29. The van der Waals surface area contributed by atoms with Crippen LogP contribution >= 0.6 is 8.73 Å². The van der Waals surface area contributed by atoms with Gasteiger partial charge in [0.05, 0.1) is 0 Å². The Hall–Kier alpha value is -0.390. The lowest BCUT2D eigenvalue weighted by Gasteiger charge is -1.88. The zero-order chi connectivity index (χ0) is 5.82. The van der Waals surface area contributed by atoms with Crippen molar-refractivity contribution >= 4 is 14.0 Å². The lowest BCUT2D eigenvalue weighted by Crippen LogP contribution is -1.94. The smallest absolute Gasteiger partial charge is 0.0360 e. The molecule has 0 spiro atoms. The molecule has 2 heteroatoms. The van der Waals surface area contributed by atoms with E-state index in [0.717, 1.165) is 14.0 Å². The number of nitrogens with two attached hydrogens (primary N) is 1. The van der Waals surface area contributed by atoms with Crippen molar-refractivity contribution in [3.05, 3.63) is 30.3 Å². The summed E-state index contributed by atoms with van der Waals surface area (Å²) < 4.78 is 0. The van der Waals surface area contributed by atoms with Crippen molar-refractivity contribution in [2.75, 3.05) is 0 Å². The molecule has 0 fully saturated rings. The molecule has 0 aliphatic rings. The van der Waals surface area contributed by atoms with Crippen molar-refractivity contribution in [3.63, 3.8) is 0 Å². The first-order chi connectivity index (χ1) is 3.93. The number of benzene rings is 1. The van der Waals surface area contributed by atoms with E-state index < -0.39 is 0 Å². The highest BCUT2D eigenvalue weighted by Crippen LogP contribution is 1.95. The van der Waals surface area contributed by atoms with Gasteiger partial charge >= 0.3 is 0 Å². The van der Waals surface area contributed by atoms with Gasteiger partial charge in [-0.2, -0.15) is 0 Å². The van der Waals surface area contributed by atoms with Crippen LogP contribution in [-0.2, 0) is 0 Å². The van der Waals surface area contributed by atoms with Crippen LogP contribution in [0.25, 0.3) is 0 Å². The van der Waals surface area contributed by atoms with Crippen molar-refractivity contribution in [1.82, 2.24) is 0 Å². The van der Waals surface area contributed by atoms with E-state index in [4.69, 9.17) is 5.50 Å². The summed E-state index contributed by atoms with van der Waals surface area (Å²) in [5.74, 6) is 0. The van der Waals surface area contributed by atoms with E-state index in [1.807, 2.05) is 30.3 Å². The van der Waals surface area contributed by atoms with Crippen LogP contribution in [-0.4, -0.2) is 0 Å². The highest BCUT2D eigenvalue weighted by Gasteiger charge is 1.81. The van der Waals surface area contributed by atoms with Crippen LogP contribution < -0.4 is 10.8 Å². The minimum atomic E-state index is 0.849. The fourth-order valence-corrected chi connectivity index (χ4v) is 0.858. The predicted octanol–water partition coefficient (Wildman–Crippen LogP) is 1.13. The highest BCUT2D eigenvalue weighted by atomic mass is 31.1. The molecule has 0 saturated carbocycles. The maximum absolute atomic E-state index is 5.32. The van der Waals surface area contributed by atoms with Crippen LogP contribution in [0.1, 0.15) is 0 Å². The quantitative estimate of drug-likeness (QED) is 0.558. The third-order valence-corrected chi connectivity index (χ3v) is 1.50. The first kappa shape index (κ1) is 5.74. The van der Waals surface area contributed by atoms with Crippen LogP contribution in [0.3, 0.4) is 0 Å². The Morgan fingerprint density at radius 1 is 1.12 bits per heavy atom. The molecule has 1 aromatic carbocycles. The fourth-order valence-electron chi connectivity index (χ4n) is 0.514. The second-order valence-electron chi connectivity index (χ2n) is 1.46. The van der Waals surface area contributed by atoms with Gasteiger partial charge in [-0.3, -0.25) is 0 Å². The van der Waals surface area contributed by atoms with E-state index in [1.54, 1.807) is 0 Å². The first-order valence-corrected chi connectivity index (χ1v) is 3.36. The Morgan fingerprint density at radius 2 is 1.75 bits per heavy atom. The Morgan fingerprint density at radius 3 is 2.12 bits per heavy atom. The molecule has 0 bridgehead atoms. The highest BCUT2D eigenvalue weighted by molar-refractivity contribution is 7.44. The molecule has 1 nitrogen and oxygen atoms in total. The summed E-state index contributed by atoms with van der Waals surface area (Å²) in [6.45, 7) is 0. The van der Waals surface area contributed by atoms with Gasteiger partial charge in [-0.05, 0) is 5.30 Å². The van der Waals surface area contributed by atoms with Crippen molar-refractivity contribution < 1.29 is 0 Å². The van der Waals surface area contributed by atoms with Gasteiger partial charge in [0.15, 0.2) is 0 Å². The summed E-state index contributed by atoms with van der Waals surface area (Å²) in [5.41, 5.74) is 5.32. The molecule has 0 saturated heterocycles. The normalized spacial score (nSPS) is 10.6. The van der Waals surface area contributed by atoms with E-state index >= 15 is 0 Å². The van der Waals surface area contributed by atoms with E-state index in [-0.39, 0.29) is 0 Å².